The monoisotopic (exact) mass is 160 g/mol. The first-order chi connectivity index (χ1) is 5.83. The fourth-order valence-electron chi connectivity index (χ4n) is 1.46. The molecule has 2 rings (SSSR count). The van der Waals surface area contributed by atoms with Gasteiger partial charge >= 0.3 is 0 Å². The zero-order chi connectivity index (χ0) is 8.55. The first-order valence-electron chi connectivity index (χ1n) is 3.79. The molecule has 0 atom stereocenters. The molecule has 2 heteroatoms. The molecule has 0 bridgehead atoms. The van der Waals surface area contributed by atoms with Gasteiger partial charge in [-0.05, 0) is 5.56 Å². The number of Topliss-reactive ketones (excluding diaryl/α,β-unsaturated/α-hetero) is 1. The number of carbonyl (C=O) groups excluding carboxylic acids is 1. The van der Waals surface area contributed by atoms with Crippen LogP contribution in [-0.2, 0) is 6.42 Å². The highest BCUT2D eigenvalue weighted by atomic mass is 16.2. The van der Waals surface area contributed by atoms with Gasteiger partial charge in [0.15, 0.2) is 5.78 Å². The summed E-state index contributed by atoms with van der Waals surface area (Å²) in [5.41, 5.74) is 2.21. The van der Waals surface area contributed by atoms with E-state index in [0.717, 1.165) is 17.4 Å². The lowest BCUT2D eigenvalue weighted by molar-refractivity contribution is 0.103. The van der Waals surface area contributed by atoms with Crippen molar-refractivity contribution >= 4 is 5.78 Å². The van der Waals surface area contributed by atoms with Crippen molar-refractivity contribution in [2.24, 2.45) is 0 Å². The highest BCUT2D eigenvalue weighted by Crippen LogP contribution is 2.24. The lowest BCUT2D eigenvalue weighted by Crippen LogP contribution is -1.94. The van der Waals surface area contributed by atoms with E-state index >= 15 is 0 Å². The van der Waals surface area contributed by atoms with Crippen LogP contribution in [0.2, 0.25) is 0 Å². The Morgan fingerprint density at radius 3 is 2.75 bits per heavy atom. The number of aliphatic hydroxyl groups is 1. The lowest BCUT2D eigenvalue weighted by Gasteiger charge is -1.91. The number of aliphatic hydroxyl groups excluding tert-OH is 1. The molecule has 1 aliphatic rings. The number of rotatable bonds is 0. The second-order valence-electron chi connectivity index (χ2n) is 2.82. The Balaban J connectivity index is 2.56. The van der Waals surface area contributed by atoms with Crippen molar-refractivity contribution in [1.82, 2.24) is 0 Å². The minimum absolute atomic E-state index is 0.0481. The summed E-state index contributed by atoms with van der Waals surface area (Å²) in [4.78, 5) is 11.4. The number of ketones is 1. The Morgan fingerprint density at radius 2 is 2.08 bits per heavy atom. The van der Waals surface area contributed by atoms with E-state index in [0.29, 0.717) is 12.0 Å². The quantitative estimate of drug-likeness (QED) is 0.464. The first-order valence-corrected chi connectivity index (χ1v) is 3.79. The van der Waals surface area contributed by atoms with Crippen molar-refractivity contribution in [3.05, 3.63) is 47.2 Å². The summed E-state index contributed by atoms with van der Waals surface area (Å²) in [6.07, 6.45) is 1.47. The topological polar surface area (TPSA) is 37.3 Å². The molecule has 0 heterocycles. The highest BCUT2D eigenvalue weighted by molar-refractivity contribution is 6.12. The number of hydrogen-bond donors (Lipinski definition) is 1. The van der Waals surface area contributed by atoms with E-state index in [4.69, 9.17) is 5.11 Å². The third-order valence-corrected chi connectivity index (χ3v) is 2.09. The van der Waals surface area contributed by atoms with Gasteiger partial charge in [-0.2, -0.15) is 0 Å². The third kappa shape index (κ3) is 0.848. The summed E-state index contributed by atoms with van der Waals surface area (Å²) < 4.78 is 0. The van der Waals surface area contributed by atoms with Crippen molar-refractivity contribution in [2.75, 3.05) is 0 Å². The lowest BCUT2D eigenvalue weighted by atomic mass is 10.1. The summed E-state index contributed by atoms with van der Waals surface area (Å²) in [5, 5.41) is 8.73. The molecule has 2 nitrogen and oxygen atoms in total. The van der Waals surface area contributed by atoms with Gasteiger partial charge in [0.2, 0.25) is 0 Å². The standard InChI is InChI=1S/C10H8O2/c11-6-8-5-7-3-1-2-4-9(7)10(8)12/h1-4,6,11H,5H2. The van der Waals surface area contributed by atoms with E-state index < -0.39 is 0 Å². The van der Waals surface area contributed by atoms with Crippen molar-refractivity contribution in [3.63, 3.8) is 0 Å². The van der Waals surface area contributed by atoms with Crippen molar-refractivity contribution < 1.29 is 9.90 Å². The van der Waals surface area contributed by atoms with E-state index in [1.165, 1.54) is 0 Å². The van der Waals surface area contributed by atoms with Crippen LogP contribution in [0.3, 0.4) is 0 Å². The molecule has 1 N–H and O–H groups in total. The van der Waals surface area contributed by atoms with Crippen LogP contribution >= 0.6 is 0 Å². The minimum atomic E-state index is -0.0481. The molecule has 0 amide bonds. The second kappa shape index (κ2) is 2.48. The van der Waals surface area contributed by atoms with E-state index in [2.05, 4.69) is 0 Å². The molecule has 1 aromatic rings. The Bertz CT molecular complexity index is 364. The number of hydrogen-bond acceptors (Lipinski definition) is 2. The maximum Gasteiger partial charge on any atom is 0.192 e. The molecule has 0 spiro atoms. The SMILES string of the molecule is O=C1C(=CO)Cc2ccccc21. The van der Waals surface area contributed by atoms with E-state index in [1.807, 2.05) is 18.2 Å². The predicted molar refractivity (Wildman–Crippen MR) is 45.2 cm³/mol. The minimum Gasteiger partial charge on any atom is -0.515 e. The van der Waals surface area contributed by atoms with Gasteiger partial charge in [-0.3, -0.25) is 4.79 Å². The van der Waals surface area contributed by atoms with Gasteiger partial charge in [-0.25, -0.2) is 0 Å². The van der Waals surface area contributed by atoms with Crippen LogP contribution in [0.15, 0.2) is 36.1 Å². The van der Waals surface area contributed by atoms with Crippen LogP contribution in [0.4, 0.5) is 0 Å². The fourth-order valence-corrected chi connectivity index (χ4v) is 1.46. The summed E-state index contributed by atoms with van der Waals surface area (Å²) in [6.45, 7) is 0. The number of fused-ring (bicyclic) bond motifs is 1. The molecule has 60 valence electrons. The van der Waals surface area contributed by atoms with Gasteiger partial charge in [0.1, 0.15) is 0 Å². The molecule has 1 aliphatic carbocycles. The number of benzene rings is 1. The molecular weight excluding hydrogens is 152 g/mol. The van der Waals surface area contributed by atoms with Crippen LogP contribution in [-0.4, -0.2) is 10.9 Å². The van der Waals surface area contributed by atoms with Crippen LogP contribution in [0.1, 0.15) is 15.9 Å². The smallest absolute Gasteiger partial charge is 0.192 e. The molecule has 0 fully saturated rings. The molecule has 0 aromatic heterocycles. The average Bonchev–Trinajstić information content (AvgIpc) is 2.44. The van der Waals surface area contributed by atoms with E-state index in [-0.39, 0.29) is 5.78 Å². The van der Waals surface area contributed by atoms with Crippen LogP contribution in [0.25, 0.3) is 0 Å². The van der Waals surface area contributed by atoms with Gasteiger partial charge in [0, 0.05) is 17.6 Å². The zero-order valence-corrected chi connectivity index (χ0v) is 6.45. The summed E-state index contributed by atoms with van der Waals surface area (Å²) in [6, 6.07) is 7.42. The highest BCUT2D eigenvalue weighted by Gasteiger charge is 2.23. The fraction of sp³-hybridized carbons (Fsp3) is 0.100. The molecule has 0 saturated heterocycles. The average molecular weight is 160 g/mol. The third-order valence-electron chi connectivity index (χ3n) is 2.09. The second-order valence-corrected chi connectivity index (χ2v) is 2.82. The Labute approximate surface area is 70.2 Å². The maximum absolute atomic E-state index is 11.4. The molecule has 0 saturated carbocycles. The predicted octanol–water partition coefficient (Wildman–Crippen LogP) is 1.87. The van der Waals surface area contributed by atoms with Gasteiger partial charge in [0.25, 0.3) is 0 Å². The molecule has 1 aromatic carbocycles. The number of carbonyl (C=O) groups is 1. The molecule has 0 radical (unpaired) electrons. The van der Waals surface area contributed by atoms with Gasteiger partial charge in [-0.1, -0.05) is 24.3 Å². The van der Waals surface area contributed by atoms with E-state index in [1.54, 1.807) is 6.07 Å². The van der Waals surface area contributed by atoms with Gasteiger partial charge in [0.05, 0.1) is 6.26 Å². The molecular formula is C10H8O2. The summed E-state index contributed by atoms with van der Waals surface area (Å²) in [5.74, 6) is -0.0481. The van der Waals surface area contributed by atoms with Crippen molar-refractivity contribution in [3.8, 4) is 0 Å². The van der Waals surface area contributed by atoms with Crippen LogP contribution in [0.5, 0.6) is 0 Å². The number of allylic oxidation sites excluding steroid dienone is 1. The summed E-state index contributed by atoms with van der Waals surface area (Å²) >= 11 is 0. The Kier molecular flexibility index (Phi) is 1.47. The molecule has 12 heavy (non-hydrogen) atoms. The zero-order valence-electron chi connectivity index (χ0n) is 6.45. The first kappa shape index (κ1) is 7.10. The molecule has 0 aliphatic heterocycles. The normalized spacial score (nSPS) is 18.3. The van der Waals surface area contributed by atoms with Crippen LogP contribution in [0, 0.1) is 0 Å². The maximum atomic E-state index is 11.4. The summed E-state index contributed by atoms with van der Waals surface area (Å²) in [7, 11) is 0. The van der Waals surface area contributed by atoms with Crippen molar-refractivity contribution in [1.29, 1.82) is 0 Å². The van der Waals surface area contributed by atoms with Crippen molar-refractivity contribution in [2.45, 2.75) is 6.42 Å². The molecule has 0 unspecified atom stereocenters. The van der Waals surface area contributed by atoms with Gasteiger partial charge in [-0.15, -0.1) is 0 Å². The Morgan fingerprint density at radius 1 is 1.33 bits per heavy atom. The van der Waals surface area contributed by atoms with E-state index in [9.17, 15) is 4.79 Å². The largest absolute Gasteiger partial charge is 0.515 e. The van der Waals surface area contributed by atoms with Gasteiger partial charge < -0.3 is 5.11 Å². The van der Waals surface area contributed by atoms with Crippen LogP contribution < -0.4 is 0 Å². The Hall–Kier alpha value is -1.57.